The molecule has 8 nitrogen and oxygen atoms in total. The second-order valence-electron chi connectivity index (χ2n) is 5.49. The third kappa shape index (κ3) is 2.31. The van der Waals surface area contributed by atoms with Gasteiger partial charge >= 0.3 is 0 Å². The van der Waals surface area contributed by atoms with Crippen LogP contribution in [0.15, 0.2) is 41.5 Å². The number of pyridine rings is 1. The van der Waals surface area contributed by atoms with Crippen LogP contribution in [-0.4, -0.2) is 25.9 Å². The molecule has 0 radical (unpaired) electrons. The summed E-state index contributed by atoms with van der Waals surface area (Å²) in [5, 5.41) is 2.55. The number of hydrogen-bond acceptors (Lipinski definition) is 5. The highest BCUT2D eigenvalue weighted by molar-refractivity contribution is 6.40. The van der Waals surface area contributed by atoms with E-state index in [0.29, 0.717) is 11.4 Å². The highest BCUT2D eigenvalue weighted by atomic mass is 35.5. The van der Waals surface area contributed by atoms with E-state index in [0.717, 1.165) is 10.6 Å². The zero-order valence-electron chi connectivity index (χ0n) is 12.9. The summed E-state index contributed by atoms with van der Waals surface area (Å²) in [4.78, 5) is 39.9. The Hall–Kier alpha value is -3.10. The Bertz CT molecular complexity index is 1150. The van der Waals surface area contributed by atoms with Crippen molar-refractivity contribution in [1.82, 2.24) is 19.4 Å². The third-order valence-corrected chi connectivity index (χ3v) is 4.74. The number of nitrogens with two attached hydrogens (primary N) is 1. The van der Waals surface area contributed by atoms with Crippen LogP contribution in [0.4, 0.5) is 5.82 Å². The molecule has 0 aliphatic carbocycles. The number of carbonyl (C=O) groups excluding carboxylic acids is 2. The van der Waals surface area contributed by atoms with Crippen LogP contribution in [-0.2, 0) is 0 Å². The summed E-state index contributed by atoms with van der Waals surface area (Å²) in [6.45, 7) is 0. The molecule has 1 aromatic carbocycles. The largest absolute Gasteiger partial charge is 0.384 e. The summed E-state index contributed by atoms with van der Waals surface area (Å²) in [6, 6.07) is 7.70. The van der Waals surface area contributed by atoms with Crippen molar-refractivity contribution in [2.45, 2.75) is 0 Å². The number of halogens is 2. The Balaban J connectivity index is 1.83. The molecule has 0 fully saturated rings. The number of hydrogen-bond donors (Lipinski definition) is 2. The van der Waals surface area contributed by atoms with Crippen molar-refractivity contribution in [3.05, 3.63) is 68.4 Å². The summed E-state index contributed by atoms with van der Waals surface area (Å²) >= 11 is 11.9. The minimum absolute atomic E-state index is 0.0110. The number of nitrogens with one attached hydrogen (secondary N) is 1. The minimum atomic E-state index is -0.636. The van der Waals surface area contributed by atoms with E-state index in [-0.39, 0.29) is 27.3 Å². The lowest BCUT2D eigenvalue weighted by atomic mass is 10.1. The summed E-state index contributed by atoms with van der Waals surface area (Å²) < 4.78 is 2.72. The SMILES string of the molecule is Nc1c2c(cc(=O)n1-c1ccc(-n3cnc(Cl)c3Cl)cc1)C(=O)NC2=O. The Morgan fingerprint density at radius 3 is 2.27 bits per heavy atom. The topological polar surface area (TPSA) is 112 Å². The highest BCUT2D eigenvalue weighted by Gasteiger charge is 2.31. The molecule has 2 amide bonds. The van der Waals surface area contributed by atoms with E-state index in [1.54, 1.807) is 28.8 Å². The molecule has 0 bridgehead atoms. The molecular formula is C16H9Cl2N5O3. The molecule has 4 rings (SSSR count). The number of aromatic nitrogens is 3. The van der Waals surface area contributed by atoms with Gasteiger partial charge in [-0.05, 0) is 24.3 Å². The van der Waals surface area contributed by atoms with E-state index in [1.807, 2.05) is 0 Å². The first-order valence-electron chi connectivity index (χ1n) is 7.29. The number of imidazole rings is 1. The van der Waals surface area contributed by atoms with Crippen molar-refractivity contribution < 1.29 is 9.59 Å². The monoisotopic (exact) mass is 389 g/mol. The number of carbonyl (C=O) groups is 2. The van der Waals surface area contributed by atoms with E-state index in [4.69, 9.17) is 28.9 Å². The van der Waals surface area contributed by atoms with E-state index >= 15 is 0 Å². The molecule has 1 aliphatic heterocycles. The Morgan fingerprint density at radius 2 is 1.65 bits per heavy atom. The van der Waals surface area contributed by atoms with E-state index in [9.17, 15) is 14.4 Å². The van der Waals surface area contributed by atoms with Gasteiger partial charge in [0.05, 0.1) is 16.8 Å². The fourth-order valence-electron chi connectivity index (χ4n) is 2.80. The second kappa shape index (κ2) is 5.72. The fraction of sp³-hybridized carbons (Fsp3) is 0. The molecule has 3 N–H and O–H groups in total. The number of nitrogens with zero attached hydrogens (tertiary/aromatic N) is 3. The quantitative estimate of drug-likeness (QED) is 0.648. The van der Waals surface area contributed by atoms with Crippen molar-refractivity contribution in [3.63, 3.8) is 0 Å². The number of nitrogen functional groups attached to an aromatic ring is 1. The lowest BCUT2D eigenvalue weighted by Gasteiger charge is -2.12. The molecule has 0 unspecified atom stereocenters. The van der Waals surface area contributed by atoms with Crippen LogP contribution in [0, 0.1) is 0 Å². The zero-order valence-corrected chi connectivity index (χ0v) is 14.4. The second-order valence-corrected chi connectivity index (χ2v) is 6.20. The van der Waals surface area contributed by atoms with Crippen molar-refractivity contribution in [3.8, 4) is 11.4 Å². The van der Waals surface area contributed by atoms with E-state index in [1.165, 1.54) is 6.33 Å². The van der Waals surface area contributed by atoms with Gasteiger partial charge in [0.2, 0.25) is 0 Å². The maximum atomic E-state index is 12.4. The molecule has 1 aliphatic rings. The van der Waals surface area contributed by atoms with Gasteiger partial charge in [0.1, 0.15) is 12.1 Å². The Kier molecular flexibility index (Phi) is 3.60. The highest BCUT2D eigenvalue weighted by Crippen LogP contribution is 2.26. The van der Waals surface area contributed by atoms with Crippen LogP contribution >= 0.6 is 23.2 Å². The molecule has 0 spiro atoms. The van der Waals surface area contributed by atoms with Gasteiger partial charge in [0.15, 0.2) is 10.3 Å². The number of rotatable bonds is 2. The number of anilines is 1. The summed E-state index contributed by atoms with van der Waals surface area (Å²) in [7, 11) is 0. The number of imide groups is 1. The molecule has 2 aromatic heterocycles. The molecule has 130 valence electrons. The van der Waals surface area contributed by atoms with E-state index < -0.39 is 17.4 Å². The van der Waals surface area contributed by atoms with Gasteiger partial charge in [-0.25, -0.2) is 4.98 Å². The molecule has 3 heterocycles. The lowest BCUT2D eigenvalue weighted by molar-refractivity contribution is 0.0880. The fourth-order valence-corrected chi connectivity index (χ4v) is 3.12. The molecule has 3 aromatic rings. The van der Waals surface area contributed by atoms with Crippen molar-refractivity contribution in [2.75, 3.05) is 5.73 Å². The maximum absolute atomic E-state index is 12.4. The summed E-state index contributed by atoms with van der Waals surface area (Å²) in [5.41, 5.74) is 6.52. The number of amides is 2. The lowest BCUT2D eigenvalue weighted by Crippen LogP contribution is -2.24. The van der Waals surface area contributed by atoms with Gasteiger partial charge in [-0.2, -0.15) is 0 Å². The van der Waals surface area contributed by atoms with Crippen LogP contribution in [0.3, 0.4) is 0 Å². The average molecular weight is 390 g/mol. The van der Waals surface area contributed by atoms with Crippen LogP contribution in [0.25, 0.3) is 11.4 Å². The van der Waals surface area contributed by atoms with Gasteiger partial charge in [0, 0.05) is 11.8 Å². The predicted molar refractivity (Wildman–Crippen MR) is 95.4 cm³/mol. The molecular weight excluding hydrogens is 381 g/mol. The summed E-state index contributed by atoms with van der Waals surface area (Å²) in [5.74, 6) is -1.37. The van der Waals surface area contributed by atoms with Crippen LogP contribution in [0.1, 0.15) is 20.7 Å². The molecule has 10 heteroatoms. The molecule has 0 saturated carbocycles. The average Bonchev–Trinajstić information content (AvgIpc) is 3.08. The van der Waals surface area contributed by atoms with Crippen molar-refractivity contribution >= 4 is 40.8 Å². The normalized spacial score (nSPS) is 13.0. The van der Waals surface area contributed by atoms with Crippen LogP contribution in [0.5, 0.6) is 0 Å². The van der Waals surface area contributed by atoms with Gasteiger partial charge < -0.3 is 5.73 Å². The van der Waals surface area contributed by atoms with Gasteiger partial charge in [-0.1, -0.05) is 23.2 Å². The Labute approximate surface area is 155 Å². The summed E-state index contributed by atoms with van der Waals surface area (Å²) in [6.07, 6.45) is 1.46. The molecule has 26 heavy (non-hydrogen) atoms. The third-order valence-electron chi connectivity index (χ3n) is 4.01. The van der Waals surface area contributed by atoms with Crippen molar-refractivity contribution in [1.29, 1.82) is 0 Å². The van der Waals surface area contributed by atoms with Gasteiger partial charge in [0.25, 0.3) is 17.4 Å². The first kappa shape index (κ1) is 16.4. The minimum Gasteiger partial charge on any atom is -0.384 e. The number of fused-ring (bicyclic) bond motifs is 1. The first-order valence-corrected chi connectivity index (χ1v) is 8.04. The van der Waals surface area contributed by atoms with Crippen LogP contribution in [0.2, 0.25) is 10.3 Å². The van der Waals surface area contributed by atoms with Crippen LogP contribution < -0.4 is 16.6 Å². The van der Waals surface area contributed by atoms with Crippen molar-refractivity contribution in [2.24, 2.45) is 0 Å². The Morgan fingerprint density at radius 1 is 1.00 bits per heavy atom. The smallest absolute Gasteiger partial charge is 0.262 e. The predicted octanol–water partition coefficient (Wildman–Crippen LogP) is 1.80. The zero-order chi connectivity index (χ0) is 18.6. The standard InChI is InChI=1S/C16H9Cl2N5O3/c17-12-13(18)22(6-20-12)7-1-3-8(4-2-7)23-10(24)5-9-11(14(23)19)16(26)21-15(9)25/h1-6H,19H2,(H,21,25,26). The number of benzene rings is 1. The maximum Gasteiger partial charge on any atom is 0.262 e. The molecule has 0 saturated heterocycles. The first-order chi connectivity index (χ1) is 12.4. The van der Waals surface area contributed by atoms with E-state index in [2.05, 4.69) is 10.3 Å². The molecule has 0 atom stereocenters. The van der Waals surface area contributed by atoms with Gasteiger partial charge in [-0.15, -0.1) is 0 Å². The van der Waals surface area contributed by atoms with Gasteiger partial charge in [-0.3, -0.25) is 28.8 Å².